The third-order valence-electron chi connectivity index (χ3n) is 4.06. The molecule has 1 atom stereocenters. The van der Waals surface area contributed by atoms with Gasteiger partial charge in [0.1, 0.15) is 0 Å². The SMILES string of the molecule is CCC(C)(C)CC(=O)N[C@@H](Cc1ccccc1)c1n[nH]c(=O)[nH]1. The van der Waals surface area contributed by atoms with Gasteiger partial charge in [-0.2, -0.15) is 5.10 Å². The van der Waals surface area contributed by atoms with E-state index >= 15 is 0 Å². The largest absolute Gasteiger partial charge is 0.346 e. The van der Waals surface area contributed by atoms with Crippen LogP contribution in [0.1, 0.15) is 51.0 Å². The second-order valence-electron chi connectivity index (χ2n) is 6.57. The van der Waals surface area contributed by atoms with Crippen molar-refractivity contribution in [2.45, 2.75) is 46.1 Å². The Kier molecular flexibility index (Phi) is 5.36. The fraction of sp³-hybridized carbons (Fsp3) is 0.471. The van der Waals surface area contributed by atoms with Gasteiger partial charge in [-0.25, -0.2) is 9.89 Å². The summed E-state index contributed by atoms with van der Waals surface area (Å²) in [6, 6.07) is 9.44. The molecule has 0 saturated carbocycles. The van der Waals surface area contributed by atoms with E-state index < -0.39 is 0 Å². The third-order valence-corrected chi connectivity index (χ3v) is 4.06. The number of H-pyrrole nitrogens is 2. The number of carbonyl (C=O) groups excluding carboxylic acids is 1. The van der Waals surface area contributed by atoms with E-state index in [-0.39, 0.29) is 23.1 Å². The van der Waals surface area contributed by atoms with Gasteiger partial charge in [0.05, 0.1) is 6.04 Å². The fourth-order valence-corrected chi connectivity index (χ4v) is 2.32. The molecule has 1 aromatic carbocycles. The van der Waals surface area contributed by atoms with Crippen LogP contribution in [0.5, 0.6) is 0 Å². The minimum atomic E-state index is -0.374. The molecule has 0 aliphatic carbocycles. The minimum Gasteiger partial charge on any atom is -0.346 e. The number of carbonyl (C=O) groups is 1. The van der Waals surface area contributed by atoms with Crippen LogP contribution in [0.15, 0.2) is 35.1 Å². The summed E-state index contributed by atoms with van der Waals surface area (Å²) in [5.74, 6) is 0.406. The van der Waals surface area contributed by atoms with Crippen LogP contribution < -0.4 is 11.0 Å². The summed E-state index contributed by atoms with van der Waals surface area (Å²) in [5, 5.41) is 9.32. The van der Waals surface area contributed by atoms with Crippen molar-refractivity contribution in [3.63, 3.8) is 0 Å². The summed E-state index contributed by atoms with van der Waals surface area (Å²) in [4.78, 5) is 26.3. The Labute approximate surface area is 135 Å². The standard InChI is InChI=1S/C17H24N4O2/c1-4-17(2,3)11-14(22)18-13(15-19-16(23)21-20-15)10-12-8-6-5-7-9-12/h5-9,13H,4,10-11H2,1-3H3,(H,18,22)(H2,19,20,21,23)/t13-/m0/s1. The number of benzene rings is 1. The number of amides is 1. The van der Waals surface area contributed by atoms with Crippen molar-refractivity contribution in [1.29, 1.82) is 0 Å². The van der Waals surface area contributed by atoms with Crippen LogP contribution in [0.2, 0.25) is 0 Å². The van der Waals surface area contributed by atoms with Crippen LogP contribution in [0.3, 0.4) is 0 Å². The van der Waals surface area contributed by atoms with Gasteiger partial charge in [-0.15, -0.1) is 0 Å². The number of rotatable bonds is 7. The first-order chi connectivity index (χ1) is 10.9. The second kappa shape index (κ2) is 7.26. The minimum absolute atomic E-state index is 0.0402. The maximum atomic E-state index is 12.4. The second-order valence-corrected chi connectivity index (χ2v) is 6.57. The molecule has 0 radical (unpaired) electrons. The van der Waals surface area contributed by atoms with E-state index in [0.717, 1.165) is 12.0 Å². The van der Waals surface area contributed by atoms with Crippen LogP contribution in [-0.4, -0.2) is 21.1 Å². The summed E-state index contributed by atoms with van der Waals surface area (Å²) < 4.78 is 0. The third kappa shape index (κ3) is 5.09. The molecule has 0 fully saturated rings. The topological polar surface area (TPSA) is 90.6 Å². The lowest BCUT2D eigenvalue weighted by Crippen LogP contribution is -2.33. The highest BCUT2D eigenvalue weighted by Crippen LogP contribution is 2.25. The number of nitrogens with zero attached hydrogens (tertiary/aromatic N) is 1. The lowest BCUT2D eigenvalue weighted by molar-refractivity contribution is -0.123. The maximum absolute atomic E-state index is 12.4. The quantitative estimate of drug-likeness (QED) is 0.732. The summed E-state index contributed by atoms with van der Waals surface area (Å²) >= 11 is 0. The smallest absolute Gasteiger partial charge is 0.340 e. The van der Waals surface area contributed by atoms with E-state index in [2.05, 4.69) is 41.3 Å². The number of aromatic nitrogens is 3. The van der Waals surface area contributed by atoms with Gasteiger partial charge in [0.2, 0.25) is 5.91 Å². The number of nitrogens with one attached hydrogen (secondary N) is 3. The molecule has 0 aliphatic heterocycles. The molecule has 0 unspecified atom stereocenters. The summed E-state index contributed by atoms with van der Waals surface area (Å²) in [6.45, 7) is 6.20. The van der Waals surface area contributed by atoms with Crippen LogP contribution >= 0.6 is 0 Å². The molecule has 1 heterocycles. The number of hydrogen-bond acceptors (Lipinski definition) is 3. The van der Waals surface area contributed by atoms with E-state index in [1.807, 2.05) is 30.3 Å². The Morgan fingerprint density at radius 1 is 1.30 bits per heavy atom. The van der Waals surface area contributed by atoms with E-state index in [9.17, 15) is 9.59 Å². The molecule has 0 spiro atoms. The zero-order valence-corrected chi connectivity index (χ0v) is 13.8. The molecule has 0 aliphatic rings. The summed E-state index contributed by atoms with van der Waals surface area (Å²) in [5.41, 5.74) is 0.637. The Bertz CT molecular complexity index is 688. The van der Waals surface area contributed by atoms with E-state index in [4.69, 9.17) is 0 Å². The summed E-state index contributed by atoms with van der Waals surface area (Å²) in [6.07, 6.45) is 1.92. The molecule has 2 aromatic rings. The molecule has 23 heavy (non-hydrogen) atoms. The number of hydrogen-bond donors (Lipinski definition) is 3. The first kappa shape index (κ1) is 17.0. The Morgan fingerprint density at radius 2 is 2.00 bits per heavy atom. The first-order valence-corrected chi connectivity index (χ1v) is 7.87. The van der Waals surface area contributed by atoms with Gasteiger partial charge >= 0.3 is 5.69 Å². The van der Waals surface area contributed by atoms with Crippen LogP contribution in [-0.2, 0) is 11.2 Å². The molecular weight excluding hydrogens is 292 g/mol. The van der Waals surface area contributed by atoms with E-state index in [1.54, 1.807) is 0 Å². The van der Waals surface area contributed by atoms with Gasteiger partial charge in [0, 0.05) is 6.42 Å². The molecular formula is C17H24N4O2. The Morgan fingerprint density at radius 3 is 2.57 bits per heavy atom. The van der Waals surface area contributed by atoms with Crippen molar-refractivity contribution in [2.75, 3.05) is 0 Å². The first-order valence-electron chi connectivity index (χ1n) is 7.87. The van der Waals surface area contributed by atoms with Gasteiger partial charge in [0.15, 0.2) is 5.82 Å². The normalized spacial score (nSPS) is 12.8. The highest BCUT2D eigenvalue weighted by molar-refractivity contribution is 5.77. The molecule has 6 nitrogen and oxygen atoms in total. The highest BCUT2D eigenvalue weighted by atomic mass is 16.2. The molecule has 1 aromatic heterocycles. The molecule has 3 N–H and O–H groups in total. The number of aromatic amines is 2. The average Bonchev–Trinajstić information content (AvgIpc) is 2.94. The molecule has 1 amide bonds. The van der Waals surface area contributed by atoms with Crippen molar-refractivity contribution < 1.29 is 4.79 Å². The highest BCUT2D eigenvalue weighted by Gasteiger charge is 2.24. The lowest BCUT2D eigenvalue weighted by Gasteiger charge is -2.24. The van der Waals surface area contributed by atoms with Crippen molar-refractivity contribution in [3.05, 3.63) is 52.2 Å². The molecule has 0 saturated heterocycles. The van der Waals surface area contributed by atoms with Gasteiger partial charge in [-0.05, 0) is 17.4 Å². The van der Waals surface area contributed by atoms with Gasteiger partial charge in [-0.3, -0.25) is 9.78 Å². The Hall–Kier alpha value is -2.37. The van der Waals surface area contributed by atoms with Gasteiger partial charge in [0.25, 0.3) is 0 Å². The predicted octanol–water partition coefficient (Wildman–Crippen LogP) is 2.32. The van der Waals surface area contributed by atoms with Crippen molar-refractivity contribution in [2.24, 2.45) is 5.41 Å². The van der Waals surface area contributed by atoms with Crippen LogP contribution in [0.4, 0.5) is 0 Å². The predicted molar refractivity (Wildman–Crippen MR) is 88.9 cm³/mol. The Balaban J connectivity index is 2.14. The monoisotopic (exact) mass is 316 g/mol. The van der Waals surface area contributed by atoms with Crippen molar-refractivity contribution >= 4 is 5.91 Å². The molecule has 6 heteroatoms. The van der Waals surface area contributed by atoms with Crippen molar-refractivity contribution in [3.8, 4) is 0 Å². The molecule has 124 valence electrons. The van der Waals surface area contributed by atoms with Gasteiger partial charge in [-0.1, -0.05) is 57.5 Å². The van der Waals surface area contributed by atoms with Gasteiger partial charge < -0.3 is 5.32 Å². The lowest BCUT2D eigenvalue weighted by atomic mass is 9.86. The maximum Gasteiger partial charge on any atom is 0.340 e. The zero-order chi connectivity index (χ0) is 16.9. The van der Waals surface area contributed by atoms with Crippen molar-refractivity contribution in [1.82, 2.24) is 20.5 Å². The fourth-order valence-electron chi connectivity index (χ4n) is 2.32. The van der Waals surface area contributed by atoms with Crippen LogP contribution in [0, 0.1) is 5.41 Å². The molecule has 2 rings (SSSR count). The van der Waals surface area contributed by atoms with Crippen LogP contribution in [0.25, 0.3) is 0 Å². The molecule has 0 bridgehead atoms. The summed E-state index contributed by atoms with van der Waals surface area (Å²) in [7, 11) is 0. The van der Waals surface area contributed by atoms with E-state index in [1.165, 1.54) is 0 Å². The average molecular weight is 316 g/mol. The van der Waals surface area contributed by atoms with E-state index in [0.29, 0.717) is 18.7 Å². The zero-order valence-electron chi connectivity index (χ0n) is 13.8.